The van der Waals surface area contributed by atoms with Gasteiger partial charge in [0.1, 0.15) is 0 Å². The first-order valence-electron chi connectivity index (χ1n) is 19.5. The van der Waals surface area contributed by atoms with E-state index in [1.165, 1.54) is 68.1 Å². The second kappa shape index (κ2) is 12.0. The van der Waals surface area contributed by atoms with Crippen LogP contribution in [-0.4, -0.2) is 52.3 Å². The van der Waals surface area contributed by atoms with Gasteiger partial charge in [0, 0.05) is 25.2 Å². The SMILES string of the molecule is C=C(C)C1CCC2(NCC3CCCN(C(=O)O)C3)CCC3(C)C(CCC4C5(C)CC=C(c6ccc(C(=O)O)cc6)C(C)(C)C5CCC43C)C12. The lowest BCUT2D eigenvalue weighted by molar-refractivity contribution is -0.219. The van der Waals surface area contributed by atoms with Gasteiger partial charge in [-0.1, -0.05) is 65.0 Å². The van der Waals surface area contributed by atoms with E-state index >= 15 is 0 Å². The molecule has 6 heteroatoms. The second-order valence-electron chi connectivity index (χ2n) is 18.9. The Bertz CT molecular complexity index is 1530. The number of carboxylic acids is 1. The van der Waals surface area contributed by atoms with Crippen LogP contribution in [0, 0.1) is 57.2 Å². The number of rotatable bonds is 6. The minimum Gasteiger partial charge on any atom is -0.478 e. The maximum absolute atomic E-state index is 11.8. The zero-order chi connectivity index (χ0) is 35.1. The number of nitrogens with zero attached hydrogens (tertiary/aromatic N) is 1. The average Bonchev–Trinajstić information content (AvgIpc) is 3.44. The third-order valence-corrected chi connectivity index (χ3v) is 16.6. The Morgan fingerprint density at radius 2 is 1.63 bits per heavy atom. The van der Waals surface area contributed by atoms with Crippen molar-refractivity contribution in [1.82, 2.24) is 10.2 Å². The summed E-state index contributed by atoms with van der Waals surface area (Å²) >= 11 is 0. The van der Waals surface area contributed by atoms with E-state index in [2.05, 4.69) is 59.5 Å². The molecule has 1 heterocycles. The van der Waals surface area contributed by atoms with Crippen molar-refractivity contribution in [2.45, 2.75) is 118 Å². The van der Waals surface area contributed by atoms with Gasteiger partial charge in [0.05, 0.1) is 5.56 Å². The first kappa shape index (κ1) is 34.8. The average molecular weight is 671 g/mol. The molecule has 3 N–H and O–H groups in total. The Labute approximate surface area is 295 Å². The number of benzene rings is 1. The van der Waals surface area contributed by atoms with Gasteiger partial charge in [-0.15, -0.1) is 0 Å². The zero-order valence-corrected chi connectivity index (χ0v) is 31.1. The topological polar surface area (TPSA) is 89.9 Å². The lowest BCUT2D eigenvalue weighted by Crippen LogP contribution is -2.68. The summed E-state index contributed by atoms with van der Waals surface area (Å²) in [6.07, 6.45) is 15.0. The second-order valence-corrected chi connectivity index (χ2v) is 18.9. The number of likely N-dealkylation sites (tertiary alicyclic amines) is 1. The number of allylic oxidation sites excluding steroid dienone is 3. The van der Waals surface area contributed by atoms with E-state index in [-0.39, 0.29) is 27.2 Å². The van der Waals surface area contributed by atoms with Crippen molar-refractivity contribution in [2.75, 3.05) is 19.6 Å². The molecule has 1 aliphatic heterocycles. The molecule has 6 nitrogen and oxygen atoms in total. The fourth-order valence-corrected chi connectivity index (χ4v) is 14.1. The molecule has 1 aromatic rings. The molecule has 10 unspecified atom stereocenters. The van der Waals surface area contributed by atoms with E-state index in [4.69, 9.17) is 0 Å². The molecule has 1 saturated heterocycles. The quantitative estimate of drug-likeness (QED) is 0.262. The van der Waals surface area contributed by atoms with Gasteiger partial charge in [0.25, 0.3) is 0 Å². The van der Waals surface area contributed by atoms with Crippen LogP contribution < -0.4 is 5.32 Å². The molecule has 49 heavy (non-hydrogen) atoms. The summed E-state index contributed by atoms with van der Waals surface area (Å²) < 4.78 is 0. The predicted octanol–water partition coefficient (Wildman–Crippen LogP) is 9.77. The molecule has 7 rings (SSSR count). The molecule has 5 aliphatic carbocycles. The minimum absolute atomic E-state index is 0.00823. The highest BCUT2D eigenvalue weighted by Gasteiger charge is 2.70. The fourth-order valence-electron chi connectivity index (χ4n) is 14.1. The van der Waals surface area contributed by atoms with Crippen LogP contribution in [0.25, 0.3) is 5.57 Å². The number of piperidine rings is 1. The van der Waals surface area contributed by atoms with E-state index in [1.54, 1.807) is 17.0 Å². The highest BCUT2D eigenvalue weighted by molar-refractivity contribution is 5.88. The number of aromatic carboxylic acids is 1. The van der Waals surface area contributed by atoms with E-state index in [1.807, 2.05) is 12.1 Å². The number of carboxylic acid groups (broad SMARTS) is 2. The van der Waals surface area contributed by atoms with Gasteiger partial charge in [-0.25, -0.2) is 9.59 Å². The number of amides is 1. The number of carbonyl (C=O) groups is 2. The highest BCUT2D eigenvalue weighted by Crippen LogP contribution is 2.76. The summed E-state index contributed by atoms with van der Waals surface area (Å²) in [5.74, 6) is 2.58. The molecule has 268 valence electrons. The first-order valence-corrected chi connectivity index (χ1v) is 19.5. The van der Waals surface area contributed by atoms with Gasteiger partial charge in [0.2, 0.25) is 0 Å². The molecule has 0 aromatic heterocycles. The van der Waals surface area contributed by atoms with Crippen molar-refractivity contribution >= 4 is 17.6 Å². The molecule has 1 amide bonds. The number of hydrogen-bond donors (Lipinski definition) is 3. The normalized spacial score (nSPS) is 42.6. The Hall–Kier alpha value is -2.60. The molecule has 10 atom stereocenters. The van der Waals surface area contributed by atoms with Crippen LogP contribution in [0.1, 0.15) is 128 Å². The Balaban J connectivity index is 1.17. The van der Waals surface area contributed by atoms with Crippen LogP contribution in [0.3, 0.4) is 0 Å². The van der Waals surface area contributed by atoms with Crippen LogP contribution in [-0.2, 0) is 0 Å². The van der Waals surface area contributed by atoms with Gasteiger partial charge in [-0.2, -0.15) is 0 Å². The van der Waals surface area contributed by atoms with Crippen molar-refractivity contribution in [3.63, 3.8) is 0 Å². The van der Waals surface area contributed by atoms with Gasteiger partial charge in [-0.05, 0) is 158 Å². The van der Waals surface area contributed by atoms with Crippen molar-refractivity contribution in [3.8, 4) is 0 Å². The van der Waals surface area contributed by atoms with E-state index < -0.39 is 12.1 Å². The van der Waals surface area contributed by atoms with Crippen LogP contribution in [0.4, 0.5) is 4.79 Å². The molecular formula is C43H62N2O4. The number of nitrogens with one attached hydrogen (secondary N) is 1. The van der Waals surface area contributed by atoms with E-state index in [0.717, 1.165) is 25.8 Å². The summed E-state index contributed by atoms with van der Waals surface area (Å²) in [6, 6.07) is 7.58. The zero-order valence-electron chi connectivity index (χ0n) is 31.1. The molecule has 4 saturated carbocycles. The highest BCUT2D eigenvalue weighted by atomic mass is 16.4. The lowest BCUT2D eigenvalue weighted by Gasteiger charge is -2.72. The van der Waals surface area contributed by atoms with Crippen molar-refractivity contribution in [3.05, 3.63) is 53.6 Å². The Morgan fingerprint density at radius 3 is 2.31 bits per heavy atom. The summed E-state index contributed by atoms with van der Waals surface area (Å²) in [7, 11) is 0. The monoisotopic (exact) mass is 670 g/mol. The summed E-state index contributed by atoms with van der Waals surface area (Å²) in [5.41, 5.74) is 5.17. The van der Waals surface area contributed by atoms with Gasteiger partial charge >= 0.3 is 12.1 Å². The van der Waals surface area contributed by atoms with E-state index in [9.17, 15) is 19.8 Å². The maximum atomic E-state index is 11.8. The van der Waals surface area contributed by atoms with Gasteiger partial charge < -0.3 is 20.4 Å². The third-order valence-electron chi connectivity index (χ3n) is 16.6. The lowest BCUT2D eigenvalue weighted by atomic mass is 9.33. The molecule has 6 aliphatic rings. The molecule has 1 aromatic carbocycles. The van der Waals surface area contributed by atoms with Crippen LogP contribution >= 0.6 is 0 Å². The van der Waals surface area contributed by atoms with Crippen LogP contribution in [0.15, 0.2) is 42.5 Å². The predicted molar refractivity (Wildman–Crippen MR) is 196 cm³/mol. The molecule has 5 fully saturated rings. The van der Waals surface area contributed by atoms with Crippen molar-refractivity contribution in [2.24, 2.45) is 57.2 Å². The summed E-state index contributed by atoms with van der Waals surface area (Å²) in [5, 5.41) is 23.4. The summed E-state index contributed by atoms with van der Waals surface area (Å²) in [4.78, 5) is 25.0. The molecular weight excluding hydrogens is 608 g/mol. The van der Waals surface area contributed by atoms with Crippen LogP contribution in [0.2, 0.25) is 0 Å². The van der Waals surface area contributed by atoms with Crippen molar-refractivity contribution < 1.29 is 19.8 Å². The Morgan fingerprint density at radius 1 is 0.898 bits per heavy atom. The molecule has 0 spiro atoms. The van der Waals surface area contributed by atoms with Gasteiger partial charge in [0.15, 0.2) is 0 Å². The molecule has 0 bridgehead atoms. The largest absolute Gasteiger partial charge is 0.478 e. The third kappa shape index (κ3) is 5.19. The fraction of sp³-hybridized carbons (Fsp3) is 0.721. The van der Waals surface area contributed by atoms with Gasteiger partial charge in [-0.3, -0.25) is 0 Å². The summed E-state index contributed by atoms with van der Waals surface area (Å²) in [6.45, 7) is 22.1. The number of fused-ring (bicyclic) bond motifs is 7. The first-order chi connectivity index (χ1) is 23.1. The standard InChI is InChI=1S/C43H62N2O4/c1-27(2)31-16-21-43(44-25-28-9-8-24-45(26-28)38(48)49)23-22-41(6)33(36(31)43)14-15-35-40(5)19-17-32(29-10-12-30(13-11-29)37(46)47)39(3,4)34(40)18-20-42(35,41)7/h10-13,17,28,31,33-36,44H,1,8-9,14-16,18-26H2,2-7H3,(H,46,47)(H,48,49). The van der Waals surface area contributed by atoms with Crippen molar-refractivity contribution in [1.29, 1.82) is 0 Å². The maximum Gasteiger partial charge on any atom is 0.407 e. The smallest absolute Gasteiger partial charge is 0.407 e. The minimum atomic E-state index is -0.870. The molecule has 0 radical (unpaired) electrons. The van der Waals surface area contributed by atoms with E-state index in [0.29, 0.717) is 54.2 Å². The number of hydrogen-bond acceptors (Lipinski definition) is 3. The van der Waals surface area contributed by atoms with Crippen LogP contribution in [0.5, 0.6) is 0 Å². The Kier molecular flexibility index (Phi) is 8.52.